The number of amides is 1. The molecule has 0 radical (unpaired) electrons. The van der Waals surface area contributed by atoms with Crippen LogP contribution in [0.15, 0.2) is 42.5 Å². The van der Waals surface area contributed by atoms with Crippen molar-refractivity contribution in [2.45, 2.75) is 18.9 Å². The number of ether oxygens (including phenoxy) is 3. The van der Waals surface area contributed by atoms with Crippen LogP contribution < -0.4 is 19.5 Å². The molecule has 120 valence electrons. The second kappa shape index (κ2) is 6.60. The van der Waals surface area contributed by atoms with Gasteiger partial charge in [-0.05, 0) is 48.2 Å². The van der Waals surface area contributed by atoms with Crippen molar-refractivity contribution >= 4 is 6.09 Å². The largest absolute Gasteiger partial charge is 0.493 e. The van der Waals surface area contributed by atoms with Gasteiger partial charge in [0.05, 0.1) is 20.3 Å². The summed E-state index contributed by atoms with van der Waals surface area (Å²) in [6.45, 7) is 0. The van der Waals surface area contributed by atoms with Gasteiger partial charge in [-0.2, -0.15) is 0 Å². The van der Waals surface area contributed by atoms with Gasteiger partial charge in [0, 0.05) is 0 Å². The fourth-order valence-corrected chi connectivity index (χ4v) is 2.85. The van der Waals surface area contributed by atoms with Crippen molar-refractivity contribution in [3.63, 3.8) is 0 Å². The van der Waals surface area contributed by atoms with Crippen molar-refractivity contribution in [1.29, 1.82) is 0 Å². The Morgan fingerprint density at radius 1 is 1.09 bits per heavy atom. The SMILES string of the molecule is COc1cc2c(cc1OC)C(NC(=O)Oc1ccccc1)CC2. The number of aryl methyl sites for hydroxylation is 1. The molecule has 0 spiro atoms. The molecular formula is C18H19NO4. The quantitative estimate of drug-likeness (QED) is 0.939. The van der Waals surface area contributed by atoms with E-state index in [-0.39, 0.29) is 6.04 Å². The van der Waals surface area contributed by atoms with Crippen LogP contribution in [0.4, 0.5) is 4.79 Å². The van der Waals surface area contributed by atoms with Crippen molar-refractivity contribution in [3.05, 3.63) is 53.6 Å². The minimum atomic E-state index is -0.455. The Morgan fingerprint density at radius 3 is 2.48 bits per heavy atom. The lowest BCUT2D eigenvalue weighted by atomic mass is 10.1. The second-order valence-corrected chi connectivity index (χ2v) is 5.34. The van der Waals surface area contributed by atoms with E-state index in [1.807, 2.05) is 30.3 Å². The number of hydrogen-bond donors (Lipinski definition) is 1. The summed E-state index contributed by atoms with van der Waals surface area (Å²) in [5.74, 6) is 1.89. The van der Waals surface area contributed by atoms with Crippen molar-refractivity contribution in [2.75, 3.05) is 14.2 Å². The number of rotatable bonds is 4. The Morgan fingerprint density at radius 2 is 1.78 bits per heavy atom. The molecule has 5 heteroatoms. The molecule has 0 aliphatic heterocycles. The summed E-state index contributed by atoms with van der Waals surface area (Å²) in [6.07, 6.45) is 1.26. The molecule has 1 aliphatic carbocycles. The van der Waals surface area contributed by atoms with Crippen molar-refractivity contribution < 1.29 is 19.0 Å². The summed E-state index contributed by atoms with van der Waals surface area (Å²) >= 11 is 0. The lowest BCUT2D eigenvalue weighted by Crippen LogP contribution is -2.30. The summed E-state index contributed by atoms with van der Waals surface area (Å²) in [6, 6.07) is 12.8. The number of fused-ring (bicyclic) bond motifs is 1. The number of benzene rings is 2. The molecule has 1 atom stereocenters. The third kappa shape index (κ3) is 3.23. The van der Waals surface area contributed by atoms with Gasteiger partial charge in [-0.15, -0.1) is 0 Å². The highest BCUT2D eigenvalue weighted by Crippen LogP contribution is 2.39. The molecule has 0 bridgehead atoms. The fraction of sp³-hybridized carbons (Fsp3) is 0.278. The zero-order valence-corrected chi connectivity index (χ0v) is 13.2. The summed E-state index contributed by atoms with van der Waals surface area (Å²) in [5, 5.41) is 2.91. The number of para-hydroxylation sites is 1. The zero-order chi connectivity index (χ0) is 16.2. The highest BCUT2D eigenvalue weighted by molar-refractivity contribution is 5.71. The number of carbonyl (C=O) groups is 1. The van der Waals surface area contributed by atoms with E-state index < -0.39 is 6.09 Å². The first kappa shape index (κ1) is 15.2. The molecule has 1 N–H and O–H groups in total. The van der Waals surface area contributed by atoms with Crippen molar-refractivity contribution in [3.8, 4) is 17.2 Å². The van der Waals surface area contributed by atoms with Gasteiger partial charge in [-0.1, -0.05) is 18.2 Å². The van der Waals surface area contributed by atoms with Crippen LogP contribution in [0.5, 0.6) is 17.2 Å². The number of nitrogens with one attached hydrogen (secondary N) is 1. The lowest BCUT2D eigenvalue weighted by Gasteiger charge is -2.16. The predicted octanol–water partition coefficient (Wildman–Crippen LogP) is 3.48. The normalized spacial score (nSPS) is 15.7. The smallest absolute Gasteiger partial charge is 0.413 e. The van der Waals surface area contributed by atoms with Gasteiger partial charge in [0.2, 0.25) is 0 Å². The topological polar surface area (TPSA) is 56.8 Å². The summed E-state index contributed by atoms with van der Waals surface area (Å²) in [7, 11) is 3.22. The van der Waals surface area contributed by atoms with Crippen LogP contribution >= 0.6 is 0 Å². The van der Waals surface area contributed by atoms with E-state index in [0.717, 1.165) is 24.0 Å². The number of carbonyl (C=O) groups excluding carboxylic acids is 1. The van der Waals surface area contributed by atoms with Crippen LogP contribution in [0.25, 0.3) is 0 Å². The van der Waals surface area contributed by atoms with Crippen LogP contribution in [0.2, 0.25) is 0 Å². The van der Waals surface area contributed by atoms with Gasteiger partial charge < -0.3 is 19.5 Å². The molecule has 0 fully saturated rings. The third-order valence-corrected chi connectivity index (χ3v) is 3.97. The molecule has 23 heavy (non-hydrogen) atoms. The van der Waals surface area contributed by atoms with E-state index in [4.69, 9.17) is 14.2 Å². The van der Waals surface area contributed by atoms with Gasteiger partial charge in [0.25, 0.3) is 0 Å². The maximum atomic E-state index is 12.1. The molecule has 2 aromatic rings. The first-order valence-electron chi connectivity index (χ1n) is 7.49. The Bertz CT molecular complexity index is 700. The van der Waals surface area contributed by atoms with Gasteiger partial charge in [-0.25, -0.2) is 4.79 Å². The molecule has 0 aromatic heterocycles. The first-order chi connectivity index (χ1) is 11.2. The zero-order valence-electron chi connectivity index (χ0n) is 13.2. The van der Waals surface area contributed by atoms with Crippen LogP contribution in [0, 0.1) is 0 Å². The highest BCUT2D eigenvalue weighted by Gasteiger charge is 2.26. The van der Waals surface area contributed by atoms with Crippen LogP contribution in [0.1, 0.15) is 23.6 Å². The number of methoxy groups -OCH3 is 2. The third-order valence-electron chi connectivity index (χ3n) is 3.97. The Hall–Kier alpha value is -2.69. The van der Waals surface area contributed by atoms with E-state index >= 15 is 0 Å². The molecular weight excluding hydrogens is 294 g/mol. The highest BCUT2D eigenvalue weighted by atomic mass is 16.6. The van der Waals surface area contributed by atoms with Crippen molar-refractivity contribution in [2.24, 2.45) is 0 Å². The second-order valence-electron chi connectivity index (χ2n) is 5.34. The van der Waals surface area contributed by atoms with Crippen LogP contribution in [-0.2, 0) is 6.42 Å². The molecule has 5 nitrogen and oxygen atoms in total. The van der Waals surface area contributed by atoms with E-state index in [1.54, 1.807) is 26.4 Å². The average Bonchev–Trinajstić information content (AvgIpc) is 2.96. The first-order valence-corrected chi connectivity index (χ1v) is 7.49. The van der Waals surface area contributed by atoms with E-state index in [0.29, 0.717) is 17.2 Å². The monoisotopic (exact) mass is 313 g/mol. The molecule has 0 saturated carbocycles. The molecule has 0 saturated heterocycles. The van der Waals surface area contributed by atoms with Gasteiger partial charge in [0.1, 0.15) is 5.75 Å². The van der Waals surface area contributed by atoms with Crippen LogP contribution in [-0.4, -0.2) is 20.3 Å². The minimum absolute atomic E-state index is 0.0824. The Labute approximate surface area is 135 Å². The van der Waals surface area contributed by atoms with Crippen molar-refractivity contribution in [1.82, 2.24) is 5.32 Å². The maximum Gasteiger partial charge on any atom is 0.413 e. The predicted molar refractivity (Wildman–Crippen MR) is 86.2 cm³/mol. The van der Waals surface area contributed by atoms with E-state index in [9.17, 15) is 4.79 Å². The number of hydrogen-bond acceptors (Lipinski definition) is 4. The molecule has 1 unspecified atom stereocenters. The fourth-order valence-electron chi connectivity index (χ4n) is 2.85. The Balaban J connectivity index is 1.73. The Kier molecular flexibility index (Phi) is 4.37. The lowest BCUT2D eigenvalue weighted by molar-refractivity contribution is 0.196. The summed E-state index contributed by atoms with van der Waals surface area (Å²) < 4.78 is 15.9. The average molecular weight is 313 g/mol. The molecule has 2 aromatic carbocycles. The van der Waals surface area contributed by atoms with Gasteiger partial charge in [0.15, 0.2) is 11.5 Å². The summed E-state index contributed by atoms with van der Waals surface area (Å²) in [4.78, 5) is 12.1. The van der Waals surface area contributed by atoms with Crippen LogP contribution in [0.3, 0.4) is 0 Å². The molecule has 3 rings (SSSR count). The maximum absolute atomic E-state index is 12.1. The summed E-state index contributed by atoms with van der Waals surface area (Å²) in [5.41, 5.74) is 2.21. The van der Waals surface area contributed by atoms with Gasteiger partial charge >= 0.3 is 6.09 Å². The standard InChI is InChI=1S/C18H19NO4/c1-21-16-10-12-8-9-15(14(12)11-17(16)22-2)19-18(20)23-13-6-4-3-5-7-13/h3-7,10-11,15H,8-9H2,1-2H3,(H,19,20). The molecule has 1 amide bonds. The minimum Gasteiger partial charge on any atom is -0.493 e. The van der Waals surface area contributed by atoms with Gasteiger partial charge in [-0.3, -0.25) is 0 Å². The molecule has 0 heterocycles. The van der Waals surface area contributed by atoms with E-state index in [1.165, 1.54) is 0 Å². The van der Waals surface area contributed by atoms with E-state index in [2.05, 4.69) is 5.32 Å². The molecule has 1 aliphatic rings.